The Balaban J connectivity index is 4.27. The van der Waals surface area contributed by atoms with Crippen LogP contribution in [-0.2, 0) is 28.6 Å². The van der Waals surface area contributed by atoms with Crippen molar-refractivity contribution < 1.29 is 28.6 Å². The van der Waals surface area contributed by atoms with Crippen molar-refractivity contribution in [3.63, 3.8) is 0 Å². The van der Waals surface area contributed by atoms with Gasteiger partial charge in [-0.3, -0.25) is 14.4 Å². The van der Waals surface area contributed by atoms with Crippen molar-refractivity contribution in [2.75, 3.05) is 13.2 Å². The number of hydrogen-bond donors (Lipinski definition) is 0. The van der Waals surface area contributed by atoms with Gasteiger partial charge in [0.25, 0.3) is 0 Å². The molecule has 0 radical (unpaired) electrons. The lowest BCUT2D eigenvalue weighted by Gasteiger charge is -2.18. The fourth-order valence-electron chi connectivity index (χ4n) is 8.65. The van der Waals surface area contributed by atoms with Crippen molar-refractivity contribution in [1.82, 2.24) is 0 Å². The van der Waals surface area contributed by atoms with Crippen LogP contribution < -0.4 is 0 Å². The molecule has 6 heteroatoms. The molecule has 0 aromatic rings. The lowest BCUT2D eigenvalue weighted by atomic mass is 10.1. The zero-order chi connectivity index (χ0) is 48.6. The summed E-state index contributed by atoms with van der Waals surface area (Å²) in [6.07, 6.45) is 67.1. The van der Waals surface area contributed by atoms with Crippen LogP contribution in [0.2, 0.25) is 0 Å². The van der Waals surface area contributed by atoms with E-state index in [1.807, 2.05) is 0 Å². The number of hydrogen-bond acceptors (Lipinski definition) is 6. The first kappa shape index (κ1) is 64.6. The van der Waals surface area contributed by atoms with Crippen LogP contribution >= 0.6 is 0 Å². The minimum Gasteiger partial charge on any atom is -0.462 e. The van der Waals surface area contributed by atoms with E-state index in [-0.39, 0.29) is 31.1 Å². The third-order valence-corrected chi connectivity index (χ3v) is 13.1. The second kappa shape index (κ2) is 56.2. The summed E-state index contributed by atoms with van der Waals surface area (Å²) in [5, 5.41) is 0. The largest absolute Gasteiger partial charge is 0.462 e. The topological polar surface area (TPSA) is 78.9 Å². The number of rotatable bonds is 54. The second-order valence-electron chi connectivity index (χ2n) is 19.9. The molecule has 0 heterocycles. The zero-order valence-corrected chi connectivity index (χ0v) is 44.9. The zero-order valence-electron chi connectivity index (χ0n) is 44.9. The molecule has 1 unspecified atom stereocenters. The van der Waals surface area contributed by atoms with Crippen LogP contribution in [0.1, 0.15) is 316 Å². The summed E-state index contributed by atoms with van der Waals surface area (Å²) in [4.78, 5) is 38.1. The fourth-order valence-corrected chi connectivity index (χ4v) is 8.65. The second-order valence-corrected chi connectivity index (χ2v) is 19.9. The van der Waals surface area contributed by atoms with Crippen LogP contribution in [0.4, 0.5) is 0 Å². The summed E-state index contributed by atoms with van der Waals surface area (Å²) in [5.74, 6) is -0.868. The summed E-state index contributed by atoms with van der Waals surface area (Å²) in [7, 11) is 0. The van der Waals surface area contributed by atoms with Crippen LogP contribution in [0.3, 0.4) is 0 Å². The maximum atomic E-state index is 12.8. The molecule has 0 aliphatic carbocycles. The Hall–Kier alpha value is -2.37. The van der Waals surface area contributed by atoms with Gasteiger partial charge in [-0.1, -0.05) is 256 Å². The first-order valence-corrected chi connectivity index (χ1v) is 29.5. The van der Waals surface area contributed by atoms with E-state index in [1.165, 1.54) is 205 Å². The molecule has 0 fully saturated rings. The number of ether oxygens (including phenoxy) is 3. The number of esters is 3. The molecular formula is C61H112O6. The number of carbonyl (C=O) groups excluding carboxylic acids is 3. The first-order valence-electron chi connectivity index (χ1n) is 29.5. The molecule has 1 atom stereocenters. The molecular weight excluding hydrogens is 829 g/mol. The van der Waals surface area contributed by atoms with Gasteiger partial charge in [0, 0.05) is 19.3 Å². The minimum absolute atomic E-state index is 0.0727. The van der Waals surface area contributed by atoms with E-state index in [4.69, 9.17) is 14.2 Å². The van der Waals surface area contributed by atoms with Crippen molar-refractivity contribution in [1.29, 1.82) is 0 Å². The molecule has 0 saturated carbocycles. The average Bonchev–Trinajstić information content (AvgIpc) is 3.33. The summed E-state index contributed by atoms with van der Waals surface area (Å²) in [6, 6.07) is 0. The third-order valence-electron chi connectivity index (χ3n) is 13.1. The lowest BCUT2D eigenvalue weighted by molar-refractivity contribution is -0.167. The predicted molar refractivity (Wildman–Crippen MR) is 289 cm³/mol. The Labute approximate surface area is 416 Å². The highest BCUT2D eigenvalue weighted by Crippen LogP contribution is 2.16. The van der Waals surface area contributed by atoms with Crippen molar-refractivity contribution >= 4 is 17.9 Å². The van der Waals surface area contributed by atoms with Gasteiger partial charge in [0.15, 0.2) is 6.10 Å². The van der Waals surface area contributed by atoms with E-state index in [9.17, 15) is 14.4 Å². The minimum atomic E-state index is -0.774. The SMILES string of the molecule is CCCCCC/C=C\C/C=C\CCCCCCCCCC(=O)OC(COC(=O)CCCCCCCCCCCC)COC(=O)CCCCCCCCCCC/C=C\CCCCCCCCCC. The molecule has 0 amide bonds. The molecule has 0 bridgehead atoms. The Bertz CT molecular complexity index is 1130. The van der Waals surface area contributed by atoms with Crippen molar-refractivity contribution in [3.05, 3.63) is 36.5 Å². The van der Waals surface area contributed by atoms with Gasteiger partial charge in [-0.15, -0.1) is 0 Å². The van der Waals surface area contributed by atoms with Crippen LogP contribution in [0.15, 0.2) is 36.5 Å². The van der Waals surface area contributed by atoms with E-state index in [2.05, 4.69) is 57.2 Å². The van der Waals surface area contributed by atoms with Crippen molar-refractivity contribution in [3.8, 4) is 0 Å². The molecule has 0 aromatic heterocycles. The third kappa shape index (κ3) is 54.4. The van der Waals surface area contributed by atoms with Crippen LogP contribution in [-0.4, -0.2) is 37.2 Å². The van der Waals surface area contributed by atoms with Gasteiger partial charge in [0.05, 0.1) is 0 Å². The molecule has 67 heavy (non-hydrogen) atoms. The monoisotopic (exact) mass is 941 g/mol. The van der Waals surface area contributed by atoms with E-state index in [1.54, 1.807) is 0 Å². The standard InChI is InChI=1S/C61H112O6/c1-4-7-10-13-16-19-22-24-26-28-30-31-32-34-35-37-39-42-45-48-51-54-60(63)66-57-58(56-65-59(62)53-50-47-44-41-21-18-15-12-9-6-3)67-61(64)55-52-49-46-43-40-38-36-33-29-27-25-23-20-17-14-11-8-5-2/h20,23,27-30,58H,4-19,21-22,24-26,31-57H2,1-3H3/b23-20-,29-27-,30-28-. The molecule has 0 aliphatic rings. The Morgan fingerprint density at radius 3 is 0.851 bits per heavy atom. The smallest absolute Gasteiger partial charge is 0.306 e. The Kier molecular flexibility index (Phi) is 54.2. The van der Waals surface area contributed by atoms with Gasteiger partial charge in [-0.05, 0) is 77.0 Å². The van der Waals surface area contributed by atoms with E-state index in [0.717, 1.165) is 70.6 Å². The summed E-state index contributed by atoms with van der Waals surface area (Å²) >= 11 is 0. The highest BCUT2D eigenvalue weighted by Gasteiger charge is 2.19. The van der Waals surface area contributed by atoms with Gasteiger partial charge in [0.2, 0.25) is 0 Å². The maximum absolute atomic E-state index is 12.8. The Morgan fingerprint density at radius 2 is 0.537 bits per heavy atom. The molecule has 0 spiro atoms. The summed E-state index contributed by atoms with van der Waals surface area (Å²) < 4.78 is 16.9. The first-order chi connectivity index (χ1) is 33.0. The van der Waals surface area contributed by atoms with Crippen LogP contribution in [0.5, 0.6) is 0 Å². The molecule has 6 nitrogen and oxygen atoms in total. The number of unbranched alkanes of at least 4 members (excludes halogenated alkanes) is 37. The van der Waals surface area contributed by atoms with Crippen molar-refractivity contribution in [2.45, 2.75) is 322 Å². The summed E-state index contributed by atoms with van der Waals surface area (Å²) in [5.41, 5.74) is 0. The maximum Gasteiger partial charge on any atom is 0.306 e. The highest BCUT2D eigenvalue weighted by molar-refractivity contribution is 5.71. The predicted octanol–water partition coefficient (Wildman–Crippen LogP) is 19.7. The van der Waals surface area contributed by atoms with Gasteiger partial charge < -0.3 is 14.2 Å². The van der Waals surface area contributed by atoms with E-state index >= 15 is 0 Å². The van der Waals surface area contributed by atoms with Crippen molar-refractivity contribution in [2.24, 2.45) is 0 Å². The molecule has 0 N–H and O–H groups in total. The number of allylic oxidation sites excluding steroid dienone is 6. The van der Waals surface area contributed by atoms with Gasteiger partial charge in [-0.25, -0.2) is 0 Å². The van der Waals surface area contributed by atoms with E-state index in [0.29, 0.717) is 19.3 Å². The van der Waals surface area contributed by atoms with Crippen LogP contribution in [0, 0.1) is 0 Å². The van der Waals surface area contributed by atoms with Gasteiger partial charge in [0.1, 0.15) is 13.2 Å². The fraction of sp³-hybridized carbons (Fsp3) is 0.852. The quantitative estimate of drug-likeness (QED) is 0.0262. The normalized spacial score (nSPS) is 12.2. The molecule has 0 aliphatic heterocycles. The highest BCUT2D eigenvalue weighted by atomic mass is 16.6. The van der Waals surface area contributed by atoms with E-state index < -0.39 is 6.10 Å². The van der Waals surface area contributed by atoms with Gasteiger partial charge in [-0.2, -0.15) is 0 Å². The Morgan fingerprint density at radius 1 is 0.299 bits per heavy atom. The lowest BCUT2D eigenvalue weighted by Crippen LogP contribution is -2.30. The number of carbonyl (C=O) groups is 3. The molecule has 0 rings (SSSR count). The van der Waals surface area contributed by atoms with Gasteiger partial charge >= 0.3 is 17.9 Å². The molecule has 0 aromatic carbocycles. The molecule has 0 saturated heterocycles. The van der Waals surface area contributed by atoms with Crippen LogP contribution in [0.25, 0.3) is 0 Å². The average molecular weight is 942 g/mol. The molecule has 392 valence electrons. The summed E-state index contributed by atoms with van der Waals surface area (Å²) in [6.45, 7) is 6.64.